The van der Waals surface area contributed by atoms with Crippen LogP contribution in [0.4, 0.5) is 0 Å². The standard InChI is InChI=1S/C13H14N2O3S/c14-9-5-7-3-1-2-4-8(7)12-15(11(9)16)10(6-19-12)13(17)18/h1-4,9-10,12H,5-6,14H2,(H,17,18)/t9?,10-,12?/m0/s1. The van der Waals surface area contributed by atoms with E-state index in [4.69, 9.17) is 5.73 Å². The van der Waals surface area contributed by atoms with E-state index in [2.05, 4.69) is 0 Å². The summed E-state index contributed by atoms with van der Waals surface area (Å²) in [4.78, 5) is 25.1. The maximum Gasteiger partial charge on any atom is 0.327 e. The Morgan fingerprint density at radius 2 is 2.16 bits per heavy atom. The van der Waals surface area contributed by atoms with Crippen LogP contribution in [0.1, 0.15) is 16.5 Å². The summed E-state index contributed by atoms with van der Waals surface area (Å²) in [7, 11) is 0. The average molecular weight is 278 g/mol. The van der Waals surface area contributed by atoms with Gasteiger partial charge < -0.3 is 15.7 Å². The Bertz CT molecular complexity index is 548. The number of carboxylic acids is 1. The molecule has 1 aromatic rings. The number of carbonyl (C=O) groups is 2. The molecule has 1 fully saturated rings. The summed E-state index contributed by atoms with van der Waals surface area (Å²) in [5.74, 6) is -0.819. The molecule has 0 aliphatic carbocycles. The summed E-state index contributed by atoms with van der Waals surface area (Å²) in [5.41, 5.74) is 7.97. The van der Waals surface area contributed by atoms with Crippen molar-refractivity contribution >= 4 is 23.6 Å². The van der Waals surface area contributed by atoms with Crippen molar-refractivity contribution in [2.24, 2.45) is 5.73 Å². The van der Waals surface area contributed by atoms with Crippen molar-refractivity contribution in [1.29, 1.82) is 0 Å². The number of benzene rings is 1. The predicted molar refractivity (Wildman–Crippen MR) is 71.6 cm³/mol. The van der Waals surface area contributed by atoms with Crippen molar-refractivity contribution in [2.45, 2.75) is 23.9 Å². The van der Waals surface area contributed by atoms with E-state index in [-0.39, 0.29) is 11.3 Å². The highest BCUT2D eigenvalue weighted by atomic mass is 32.2. The van der Waals surface area contributed by atoms with Gasteiger partial charge in [0.15, 0.2) is 0 Å². The van der Waals surface area contributed by atoms with Crippen molar-refractivity contribution in [3.63, 3.8) is 0 Å². The van der Waals surface area contributed by atoms with Crippen LogP contribution in [-0.2, 0) is 16.0 Å². The molecule has 0 bridgehead atoms. The highest BCUT2D eigenvalue weighted by Crippen LogP contribution is 2.44. The topological polar surface area (TPSA) is 83.6 Å². The Balaban J connectivity index is 2.09. The monoisotopic (exact) mass is 278 g/mol. The van der Waals surface area contributed by atoms with E-state index in [1.165, 1.54) is 16.7 Å². The molecule has 2 unspecified atom stereocenters. The molecule has 1 aromatic carbocycles. The number of amides is 1. The molecule has 0 spiro atoms. The molecule has 2 heterocycles. The van der Waals surface area contributed by atoms with Gasteiger partial charge in [-0.25, -0.2) is 4.79 Å². The second-order valence-corrected chi connectivity index (χ2v) is 5.91. The first kappa shape index (κ1) is 12.5. The van der Waals surface area contributed by atoms with Gasteiger partial charge in [0.1, 0.15) is 11.4 Å². The normalized spacial score (nSPS) is 29.6. The smallest absolute Gasteiger partial charge is 0.327 e. The number of nitrogens with two attached hydrogens (primary N) is 1. The van der Waals surface area contributed by atoms with E-state index < -0.39 is 18.1 Å². The zero-order valence-electron chi connectivity index (χ0n) is 10.2. The number of nitrogens with zero attached hydrogens (tertiary/aromatic N) is 1. The van der Waals surface area contributed by atoms with Crippen LogP contribution in [0, 0.1) is 0 Å². The fourth-order valence-corrected chi connectivity index (χ4v) is 4.17. The summed E-state index contributed by atoms with van der Waals surface area (Å²) < 4.78 is 0. The number of carbonyl (C=O) groups excluding carboxylic acids is 1. The van der Waals surface area contributed by atoms with Gasteiger partial charge in [-0.15, -0.1) is 11.8 Å². The maximum atomic E-state index is 12.3. The van der Waals surface area contributed by atoms with Crippen molar-refractivity contribution in [3.8, 4) is 0 Å². The SMILES string of the molecule is NC1Cc2ccccc2C2SC[C@@H](C(=O)O)N2C1=O. The molecule has 0 saturated carbocycles. The fraction of sp³-hybridized carbons (Fsp3) is 0.385. The van der Waals surface area contributed by atoms with Gasteiger partial charge in [-0.2, -0.15) is 0 Å². The third-order valence-electron chi connectivity index (χ3n) is 3.62. The van der Waals surface area contributed by atoms with Gasteiger partial charge >= 0.3 is 5.97 Å². The van der Waals surface area contributed by atoms with Gasteiger partial charge in [-0.1, -0.05) is 24.3 Å². The maximum absolute atomic E-state index is 12.3. The lowest BCUT2D eigenvalue weighted by Crippen LogP contribution is -2.49. The molecule has 3 N–H and O–H groups in total. The van der Waals surface area contributed by atoms with Gasteiger partial charge in [0.05, 0.1) is 6.04 Å². The molecular formula is C13H14N2O3S. The van der Waals surface area contributed by atoms with Crippen LogP contribution < -0.4 is 5.73 Å². The molecule has 2 aliphatic rings. The highest BCUT2D eigenvalue weighted by molar-refractivity contribution is 7.99. The Morgan fingerprint density at radius 3 is 2.89 bits per heavy atom. The first-order valence-corrected chi connectivity index (χ1v) is 7.14. The van der Waals surface area contributed by atoms with Crippen LogP contribution in [0.5, 0.6) is 0 Å². The minimum absolute atomic E-state index is 0.224. The van der Waals surface area contributed by atoms with E-state index in [0.29, 0.717) is 12.2 Å². The molecule has 1 saturated heterocycles. The third kappa shape index (κ3) is 1.91. The van der Waals surface area contributed by atoms with E-state index in [9.17, 15) is 14.7 Å². The lowest BCUT2D eigenvalue weighted by molar-refractivity contribution is -0.149. The first-order valence-electron chi connectivity index (χ1n) is 6.09. The van der Waals surface area contributed by atoms with Gasteiger partial charge in [0.2, 0.25) is 5.91 Å². The Kier molecular flexibility index (Phi) is 2.99. The summed E-state index contributed by atoms with van der Waals surface area (Å²) in [5, 5.41) is 9.02. The van der Waals surface area contributed by atoms with Gasteiger partial charge in [0.25, 0.3) is 0 Å². The van der Waals surface area contributed by atoms with Gasteiger partial charge in [-0.3, -0.25) is 4.79 Å². The Hall–Kier alpha value is -1.53. The number of rotatable bonds is 1. The molecule has 6 heteroatoms. The van der Waals surface area contributed by atoms with Crippen molar-refractivity contribution in [3.05, 3.63) is 35.4 Å². The van der Waals surface area contributed by atoms with Crippen molar-refractivity contribution in [1.82, 2.24) is 4.90 Å². The van der Waals surface area contributed by atoms with Gasteiger partial charge in [0, 0.05) is 5.75 Å². The predicted octanol–water partition coefficient (Wildman–Crippen LogP) is 0.597. The van der Waals surface area contributed by atoms with Crippen LogP contribution >= 0.6 is 11.8 Å². The quantitative estimate of drug-likeness (QED) is 0.786. The van der Waals surface area contributed by atoms with Gasteiger partial charge in [-0.05, 0) is 17.5 Å². The molecular weight excluding hydrogens is 264 g/mol. The minimum Gasteiger partial charge on any atom is -0.480 e. The van der Waals surface area contributed by atoms with Crippen molar-refractivity contribution in [2.75, 3.05) is 5.75 Å². The number of fused-ring (bicyclic) bond motifs is 3. The minimum atomic E-state index is -0.963. The van der Waals surface area contributed by atoms with E-state index in [1.807, 2.05) is 24.3 Å². The number of carboxylic acid groups (broad SMARTS) is 1. The summed E-state index contributed by atoms with van der Waals surface area (Å²) in [6.07, 6.45) is 0.467. The molecule has 19 heavy (non-hydrogen) atoms. The second-order valence-electron chi connectivity index (χ2n) is 4.79. The Morgan fingerprint density at radius 1 is 1.42 bits per heavy atom. The summed E-state index contributed by atoms with van der Waals surface area (Å²) >= 11 is 1.49. The zero-order valence-corrected chi connectivity index (χ0v) is 11.0. The lowest BCUT2D eigenvalue weighted by atomic mass is 10.0. The first-order chi connectivity index (χ1) is 9.09. The molecule has 1 amide bonds. The number of hydrogen-bond acceptors (Lipinski definition) is 4. The molecule has 3 atom stereocenters. The molecule has 0 radical (unpaired) electrons. The molecule has 3 rings (SSSR count). The highest BCUT2D eigenvalue weighted by Gasteiger charge is 2.46. The van der Waals surface area contributed by atoms with Crippen LogP contribution in [0.2, 0.25) is 0 Å². The lowest BCUT2D eigenvalue weighted by Gasteiger charge is -2.27. The third-order valence-corrected chi connectivity index (χ3v) is 4.92. The van der Waals surface area contributed by atoms with Crippen LogP contribution in [0.15, 0.2) is 24.3 Å². The van der Waals surface area contributed by atoms with Crippen LogP contribution in [0.25, 0.3) is 0 Å². The van der Waals surface area contributed by atoms with Crippen molar-refractivity contribution < 1.29 is 14.7 Å². The fourth-order valence-electron chi connectivity index (χ4n) is 2.68. The number of thioether (sulfide) groups is 1. The Labute approximate surface area is 114 Å². The van der Waals surface area contributed by atoms with E-state index in [0.717, 1.165) is 11.1 Å². The van der Waals surface area contributed by atoms with E-state index in [1.54, 1.807) is 0 Å². The summed E-state index contributed by atoms with van der Waals surface area (Å²) in [6, 6.07) is 6.30. The molecule has 0 aromatic heterocycles. The average Bonchev–Trinajstić information content (AvgIpc) is 2.79. The molecule has 2 aliphatic heterocycles. The summed E-state index contributed by atoms with van der Waals surface area (Å²) in [6.45, 7) is 0. The van der Waals surface area contributed by atoms with Crippen LogP contribution in [-0.4, -0.2) is 39.7 Å². The zero-order chi connectivity index (χ0) is 13.6. The largest absolute Gasteiger partial charge is 0.480 e. The number of aliphatic carboxylic acids is 1. The van der Waals surface area contributed by atoms with E-state index >= 15 is 0 Å². The van der Waals surface area contributed by atoms with Crippen LogP contribution in [0.3, 0.4) is 0 Å². The second kappa shape index (κ2) is 4.54. The molecule has 5 nitrogen and oxygen atoms in total. The number of hydrogen-bond donors (Lipinski definition) is 2. The molecule has 100 valence electrons.